The molecule has 0 saturated heterocycles. The lowest BCUT2D eigenvalue weighted by Gasteiger charge is -2.10. The minimum absolute atomic E-state index is 0.0941. The van der Waals surface area contributed by atoms with Gasteiger partial charge in [-0.05, 0) is 36.4 Å². The Kier molecular flexibility index (Phi) is 6.26. The topological polar surface area (TPSA) is 154 Å². The van der Waals surface area contributed by atoms with Crippen LogP contribution < -0.4 is 10.9 Å². The summed E-state index contributed by atoms with van der Waals surface area (Å²) in [6.45, 7) is -0.661. The third-order valence-electron chi connectivity index (χ3n) is 4.70. The molecule has 0 unspecified atom stereocenters. The Hall–Kier alpha value is -5.06. The van der Waals surface area contributed by atoms with Crippen LogP contribution in [-0.2, 0) is 9.53 Å². The van der Waals surface area contributed by atoms with E-state index in [1.807, 2.05) is 0 Å². The Bertz CT molecular complexity index is 1380. The number of nitrogens with one attached hydrogen (secondary N) is 2. The van der Waals surface area contributed by atoms with Gasteiger partial charge in [-0.1, -0.05) is 18.2 Å². The molecule has 0 spiro atoms. The van der Waals surface area contributed by atoms with Crippen LogP contribution in [0, 0.1) is 10.1 Å². The van der Waals surface area contributed by atoms with Crippen molar-refractivity contribution < 1.29 is 28.5 Å². The standard InChI is InChI=1S/C23H16N4O7/c28-21(25-26-22(29)14-7-9-15(10-8-14)27(31)32)13-34-23(30)17-12-19(20-6-3-11-33-20)24-18-5-2-1-4-16(17)18/h1-12H,13H2,(H,25,28)(H,26,29). The molecule has 0 bridgehead atoms. The van der Waals surface area contributed by atoms with Gasteiger partial charge in [0.2, 0.25) is 0 Å². The highest BCUT2D eigenvalue weighted by molar-refractivity contribution is 6.05. The van der Waals surface area contributed by atoms with Gasteiger partial charge in [-0.15, -0.1) is 0 Å². The first kappa shape index (κ1) is 22.1. The predicted molar refractivity (Wildman–Crippen MR) is 118 cm³/mol. The molecule has 0 aliphatic heterocycles. The van der Waals surface area contributed by atoms with Gasteiger partial charge in [0.15, 0.2) is 12.4 Å². The van der Waals surface area contributed by atoms with Crippen molar-refractivity contribution >= 4 is 34.4 Å². The number of fused-ring (bicyclic) bond motifs is 1. The van der Waals surface area contributed by atoms with E-state index in [0.717, 1.165) is 12.1 Å². The molecule has 11 nitrogen and oxygen atoms in total. The van der Waals surface area contributed by atoms with Crippen LogP contribution in [0.5, 0.6) is 0 Å². The van der Waals surface area contributed by atoms with E-state index in [-0.39, 0.29) is 16.8 Å². The van der Waals surface area contributed by atoms with Crippen molar-refractivity contribution in [3.8, 4) is 11.5 Å². The van der Waals surface area contributed by atoms with Gasteiger partial charge in [-0.3, -0.25) is 30.6 Å². The minimum atomic E-state index is -0.784. The van der Waals surface area contributed by atoms with E-state index in [0.29, 0.717) is 22.4 Å². The average molecular weight is 460 g/mol. The van der Waals surface area contributed by atoms with Crippen LogP contribution in [0.3, 0.4) is 0 Å². The first-order valence-corrected chi connectivity index (χ1v) is 9.87. The summed E-state index contributed by atoms with van der Waals surface area (Å²) in [5.41, 5.74) is 5.35. The highest BCUT2D eigenvalue weighted by Crippen LogP contribution is 2.25. The average Bonchev–Trinajstić information content (AvgIpc) is 3.40. The summed E-state index contributed by atoms with van der Waals surface area (Å²) < 4.78 is 10.5. The number of amides is 2. The Labute approximate surface area is 191 Å². The lowest BCUT2D eigenvalue weighted by Crippen LogP contribution is -2.43. The number of nitro groups is 1. The SMILES string of the molecule is O=C(COC(=O)c1cc(-c2ccco2)nc2ccccc12)NNC(=O)c1ccc([N+](=O)[O-])cc1. The second-order valence-corrected chi connectivity index (χ2v) is 6.93. The summed E-state index contributed by atoms with van der Waals surface area (Å²) in [5.74, 6) is -1.78. The Morgan fingerprint density at radius 1 is 1.00 bits per heavy atom. The highest BCUT2D eigenvalue weighted by atomic mass is 16.6. The molecule has 0 saturated carbocycles. The molecule has 4 aromatic rings. The molecule has 2 amide bonds. The number of rotatable bonds is 6. The Morgan fingerprint density at radius 2 is 1.76 bits per heavy atom. The first-order chi connectivity index (χ1) is 16.4. The molecule has 0 fully saturated rings. The fourth-order valence-electron chi connectivity index (χ4n) is 3.07. The lowest BCUT2D eigenvalue weighted by atomic mass is 10.1. The molecule has 2 aromatic carbocycles. The number of para-hydroxylation sites is 1. The summed E-state index contributed by atoms with van der Waals surface area (Å²) in [5, 5.41) is 11.2. The van der Waals surface area contributed by atoms with Gasteiger partial charge in [-0.25, -0.2) is 9.78 Å². The van der Waals surface area contributed by atoms with Crippen LogP contribution in [-0.4, -0.2) is 34.3 Å². The maximum atomic E-state index is 12.7. The van der Waals surface area contributed by atoms with Crippen molar-refractivity contribution in [2.24, 2.45) is 0 Å². The number of hydrazine groups is 1. The van der Waals surface area contributed by atoms with Gasteiger partial charge in [0.25, 0.3) is 17.5 Å². The first-order valence-electron chi connectivity index (χ1n) is 9.87. The maximum Gasteiger partial charge on any atom is 0.339 e. The smallest absolute Gasteiger partial charge is 0.339 e. The molecule has 2 aromatic heterocycles. The van der Waals surface area contributed by atoms with E-state index in [1.54, 1.807) is 36.4 Å². The largest absolute Gasteiger partial charge is 0.463 e. The van der Waals surface area contributed by atoms with E-state index >= 15 is 0 Å². The van der Waals surface area contributed by atoms with Gasteiger partial charge in [0, 0.05) is 23.1 Å². The van der Waals surface area contributed by atoms with Crippen molar-refractivity contribution in [2.45, 2.75) is 0 Å². The number of pyridine rings is 1. The molecular weight excluding hydrogens is 444 g/mol. The maximum absolute atomic E-state index is 12.7. The number of esters is 1. The zero-order chi connectivity index (χ0) is 24.1. The monoisotopic (exact) mass is 460 g/mol. The molecule has 2 N–H and O–H groups in total. The van der Waals surface area contributed by atoms with Gasteiger partial charge >= 0.3 is 5.97 Å². The van der Waals surface area contributed by atoms with E-state index in [9.17, 15) is 24.5 Å². The van der Waals surface area contributed by atoms with Gasteiger partial charge in [0.05, 0.1) is 22.3 Å². The van der Waals surface area contributed by atoms with Crippen LogP contribution in [0.25, 0.3) is 22.4 Å². The summed E-state index contributed by atoms with van der Waals surface area (Å²) in [7, 11) is 0. The molecule has 0 radical (unpaired) electrons. The van der Waals surface area contributed by atoms with Crippen LogP contribution >= 0.6 is 0 Å². The fourth-order valence-corrected chi connectivity index (χ4v) is 3.07. The quantitative estimate of drug-likeness (QED) is 0.253. The third kappa shape index (κ3) is 4.88. The van der Waals surface area contributed by atoms with Gasteiger partial charge in [-0.2, -0.15) is 0 Å². The van der Waals surface area contributed by atoms with Crippen LogP contribution in [0.15, 0.2) is 77.4 Å². The highest BCUT2D eigenvalue weighted by Gasteiger charge is 2.18. The molecule has 11 heteroatoms. The van der Waals surface area contributed by atoms with E-state index < -0.39 is 29.3 Å². The van der Waals surface area contributed by atoms with Crippen molar-refractivity contribution in [3.05, 3.63) is 94.2 Å². The number of carbonyl (C=O) groups is 3. The number of carbonyl (C=O) groups excluding carboxylic acids is 3. The Morgan fingerprint density at radius 3 is 2.47 bits per heavy atom. The van der Waals surface area contributed by atoms with Gasteiger partial charge < -0.3 is 9.15 Å². The van der Waals surface area contributed by atoms with Crippen molar-refractivity contribution in [1.82, 2.24) is 15.8 Å². The molecule has 0 atom stereocenters. The molecule has 0 aliphatic carbocycles. The van der Waals surface area contributed by atoms with Crippen molar-refractivity contribution in [2.75, 3.05) is 6.61 Å². The number of benzene rings is 2. The fraction of sp³-hybridized carbons (Fsp3) is 0.0435. The van der Waals surface area contributed by atoms with Gasteiger partial charge in [0.1, 0.15) is 5.69 Å². The van der Waals surface area contributed by atoms with Crippen LogP contribution in [0.1, 0.15) is 20.7 Å². The number of ether oxygens (including phenoxy) is 1. The number of hydrogen-bond acceptors (Lipinski definition) is 8. The van der Waals surface area contributed by atoms with Crippen LogP contribution in [0.2, 0.25) is 0 Å². The van der Waals surface area contributed by atoms with Crippen LogP contribution in [0.4, 0.5) is 5.69 Å². The Balaban J connectivity index is 1.39. The number of hydrogen-bond donors (Lipinski definition) is 2. The summed E-state index contributed by atoms with van der Waals surface area (Å²) >= 11 is 0. The second kappa shape index (κ2) is 9.61. The zero-order valence-corrected chi connectivity index (χ0v) is 17.4. The predicted octanol–water partition coefficient (Wildman–Crippen LogP) is 3.02. The van der Waals surface area contributed by atoms with E-state index in [2.05, 4.69) is 15.8 Å². The number of aromatic nitrogens is 1. The normalized spacial score (nSPS) is 10.5. The van der Waals surface area contributed by atoms with E-state index in [4.69, 9.17) is 9.15 Å². The third-order valence-corrected chi connectivity index (χ3v) is 4.70. The molecule has 2 heterocycles. The summed E-state index contributed by atoms with van der Waals surface area (Å²) in [6.07, 6.45) is 1.49. The number of nitro benzene ring substituents is 1. The summed E-state index contributed by atoms with van der Waals surface area (Å²) in [4.78, 5) is 51.4. The molecule has 0 aliphatic rings. The zero-order valence-electron chi connectivity index (χ0n) is 17.4. The number of furan rings is 1. The number of non-ortho nitro benzene ring substituents is 1. The number of nitrogens with zero attached hydrogens (tertiary/aromatic N) is 2. The summed E-state index contributed by atoms with van der Waals surface area (Å²) in [6, 6.07) is 16.7. The molecule has 170 valence electrons. The molecule has 34 heavy (non-hydrogen) atoms. The lowest BCUT2D eigenvalue weighted by molar-refractivity contribution is -0.384. The molecular formula is C23H16N4O7. The van der Waals surface area contributed by atoms with Crippen molar-refractivity contribution in [3.63, 3.8) is 0 Å². The second-order valence-electron chi connectivity index (χ2n) is 6.93. The minimum Gasteiger partial charge on any atom is -0.463 e. The van der Waals surface area contributed by atoms with E-state index in [1.165, 1.54) is 24.5 Å². The molecule has 4 rings (SSSR count). The van der Waals surface area contributed by atoms with Crippen molar-refractivity contribution in [1.29, 1.82) is 0 Å².